The number of fused-ring (bicyclic) bond motifs is 2. The third-order valence-electron chi connectivity index (χ3n) is 7.01. The van der Waals surface area contributed by atoms with E-state index in [1.54, 1.807) is 13.3 Å². The van der Waals surface area contributed by atoms with Crippen LogP contribution in [0.1, 0.15) is 40.4 Å². The summed E-state index contributed by atoms with van der Waals surface area (Å²) in [5.41, 5.74) is 2.83. The third-order valence-corrected chi connectivity index (χ3v) is 7.01. The Labute approximate surface area is 166 Å². The predicted octanol–water partition coefficient (Wildman–Crippen LogP) is 3.10. The number of amides is 1. The van der Waals surface area contributed by atoms with E-state index in [1.807, 2.05) is 25.1 Å². The lowest BCUT2D eigenvalue weighted by molar-refractivity contribution is -0.00345. The van der Waals surface area contributed by atoms with Crippen LogP contribution in [-0.4, -0.2) is 59.5 Å². The van der Waals surface area contributed by atoms with Gasteiger partial charge in [-0.15, -0.1) is 0 Å². The van der Waals surface area contributed by atoms with E-state index < -0.39 is 0 Å². The molecule has 5 heterocycles. The molecule has 2 aromatic rings. The molecule has 1 aromatic carbocycles. The summed E-state index contributed by atoms with van der Waals surface area (Å²) >= 11 is 0. The fourth-order valence-corrected chi connectivity index (χ4v) is 5.68. The van der Waals surface area contributed by atoms with Crippen molar-refractivity contribution in [2.45, 2.75) is 37.8 Å². The van der Waals surface area contributed by atoms with E-state index in [-0.39, 0.29) is 5.91 Å². The summed E-state index contributed by atoms with van der Waals surface area (Å²) in [6.07, 6.45) is 4.15. The second kappa shape index (κ2) is 6.89. The van der Waals surface area contributed by atoms with Crippen LogP contribution in [0.2, 0.25) is 0 Å². The first-order chi connectivity index (χ1) is 13.7. The van der Waals surface area contributed by atoms with Gasteiger partial charge in [0, 0.05) is 30.4 Å². The van der Waals surface area contributed by atoms with Crippen molar-refractivity contribution in [3.05, 3.63) is 59.4 Å². The molecule has 1 amide bonds. The average Bonchev–Trinajstić information content (AvgIpc) is 3.17. The second-order valence-corrected chi connectivity index (χ2v) is 8.33. The summed E-state index contributed by atoms with van der Waals surface area (Å²) in [6, 6.07) is 12.9. The third kappa shape index (κ3) is 2.72. The van der Waals surface area contributed by atoms with Gasteiger partial charge in [0.05, 0.1) is 18.7 Å². The number of aryl methyl sites for hydroxylation is 1. The van der Waals surface area contributed by atoms with Gasteiger partial charge >= 0.3 is 0 Å². The molecular formula is C23H27N3O2. The van der Waals surface area contributed by atoms with Crippen molar-refractivity contribution in [3.8, 4) is 5.75 Å². The molecule has 0 spiro atoms. The normalized spacial score (nSPS) is 30.9. The van der Waals surface area contributed by atoms with E-state index in [2.05, 4.69) is 33.0 Å². The first kappa shape index (κ1) is 17.7. The van der Waals surface area contributed by atoms with Crippen LogP contribution in [0, 0.1) is 12.8 Å². The first-order valence-corrected chi connectivity index (χ1v) is 10.3. The summed E-state index contributed by atoms with van der Waals surface area (Å²) in [5, 5.41) is 0. The smallest absolute Gasteiger partial charge is 0.256 e. The Morgan fingerprint density at radius 1 is 1.14 bits per heavy atom. The maximum Gasteiger partial charge on any atom is 0.256 e. The summed E-state index contributed by atoms with van der Waals surface area (Å²) < 4.78 is 5.47. The summed E-state index contributed by atoms with van der Waals surface area (Å²) in [5.74, 6) is 1.95. The summed E-state index contributed by atoms with van der Waals surface area (Å²) in [7, 11) is 1.71. The number of piperidine rings is 3. The van der Waals surface area contributed by atoms with Crippen LogP contribution < -0.4 is 4.74 Å². The van der Waals surface area contributed by atoms with E-state index >= 15 is 0 Å². The zero-order valence-electron chi connectivity index (χ0n) is 16.5. The highest BCUT2D eigenvalue weighted by atomic mass is 16.5. The molecule has 28 heavy (non-hydrogen) atoms. The predicted molar refractivity (Wildman–Crippen MR) is 108 cm³/mol. The molecule has 3 atom stereocenters. The Kier molecular flexibility index (Phi) is 4.35. The number of hydrogen-bond donors (Lipinski definition) is 0. The lowest BCUT2D eigenvalue weighted by atomic mass is 9.75. The number of likely N-dealkylation sites (tertiary alicyclic amines) is 1. The maximum absolute atomic E-state index is 13.5. The number of ether oxygens (including phenoxy) is 1. The number of aromatic nitrogens is 1. The summed E-state index contributed by atoms with van der Waals surface area (Å²) in [4.78, 5) is 22.7. The van der Waals surface area contributed by atoms with Gasteiger partial charge in [-0.1, -0.05) is 12.1 Å². The van der Waals surface area contributed by atoms with Gasteiger partial charge in [-0.2, -0.15) is 0 Å². The van der Waals surface area contributed by atoms with Crippen molar-refractivity contribution in [1.29, 1.82) is 0 Å². The SMILES string of the molecule is COc1cccc([C@@H]2CN(C(=O)c3cccnc3C)[C@@H]3C4CCN(CC4)[C@@H]32)c1. The fraction of sp³-hybridized carbons (Fsp3) is 0.478. The van der Waals surface area contributed by atoms with Gasteiger partial charge in [0.15, 0.2) is 0 Å². The largest absolute Gasteiger partial charge is 0.497 e. The minimum absolute atomic E-state index is 0.139. The number of benzene rings is 1. The monoisotopic (exact) mass is 377 g/mol. The number of methoxy groups -OCH3 is 1. The number of carbonyl (C=O) groups is 1. The van der Waals surface area contributed by atoms with E-state index in [1.165, 1.54) is 18.4 Å². The molecule has 5 nitrogen and oxygen atoms in total. The van der Waals surface area contributed by atoms with Crippen molar-refractivity contribution in [1.82, 2.24) is 14.8 Å². The van der Waals surface area contributed by atoms with Crippen LogP contribution in [0.25, 0.3) is 0 Å². The number of rotatable bonds is 3. The molecule has 0 N–H and O–H groups in total. The molecule has 2 bridgehead atoms. The molecule has 0 radical (unpaired) electrons. The first-order valence-electron chi connectivity index (χ1n) is 10.3. The highest BCUT2D eigenvalue weighted by molar-refractivity contribution is 5.95. The van der Waals surface area contributed by atoms with Crippen molar-refractivity contribution in [2.24, 2.45) is 5.92 Å². The van der Waals surface area contributed by atoms with Crippen molar-refractivity contribution >= 4 is 5.91 Å². The van der Waals surface area contributed by atoms with Crippen LogP contribution in [0.5, 0.6) is 5.75 Å². The maximum atomic E-state index is 13.5. The van der Waals surface area contributed by atoms with Gasteiger partial charge in [0.2, 0.25) is 0 Å². The van der Waals surface area contributed by atoms with Gasteiger partial charge in [-0.25, -0.2) is 0 Å². The lowest BCUT2D eigenvalue weighted by Crippen LogP contribution is -2.60. The zero-order chi connectivity index (χ0) is 19.3. The van der Waals surface area contributed by atoms with Crippen LogP contribution >= 0.6 is 0 Å². The highest BCUT2D eigenvalue weighted by Crippen LogP contribution is 2.47. The van der Waals surface area contributed by atoms with Gasteiger partial charge in [0.25, 0.3) is 5.91 Å². The number of carbonyl (C=O) groups excluding carboxylic acids is 1. The van der Waals surface area contributed by atoms with Crippen LogP contribution in [0.15, 0.2) is 42.6 Å². The van der Waals surface area contributed by atoms with E-state index in [9.17, 15) is 4.79 Å². The van der Waals surface area contributed by atoms with Crippen LogP contribution in [0.4, 0.5) is 0 Å². The van der Waals surface area contributed by atoms with Crippen LogP contribution in [0.3, 0.4) is 0 Å². The average molecular weight is 377 g/mol. The van der Waals surface area contributed by atoms with Crippen molar-refractivity contribution in [3.63, 3.8) is 0 Å². The quantitative estimate of drug-likeness (QED) is 0.825. The molecule has 4 aliphatic heterocycles. The molecule has 4 saturated heterocycles. The molecule has 0 aliphatic carbocycles. The Balaban J connectivity index is 1.54. The molecule has 4 fully saturated rings. The minimum atomic E-state index is 0.139. The fourth-order valence-electron chi connectivity index (χ4n) is 5.68. The van der Waals surface area contributed by atoms with Crippen molar-refractivity contribution in [2.75, 3.05) is 26.7 Å². The van der Waals surface area contributed by atoms with E-state index in [0.717, 1.165) is 36.6 Å². The second-order valence-electron chi connectivity index (χ2n) is 8.33. The van der Waals surface area contributed by atoms with Gasteiger partial charge in [0.1, 0.15) is 5.75 Å². The van der Waals surface area contributed by atoms with Gasteiger partial charge in [-0.3, -0.25) is 14.7 Å². The van der Waals surface area contributed by atoms with E-state index in [4.69, 9.17) is 4.74 Å². The molecule has 0 saturated carbocycles. The number of nitrogens with zero attached hydrogens (tertiary/aromatic N) is 3. The lowest BCUT2D eigenvalue weighted by Gasteiger charge is -2.51. The van der Waals surface area contributed by atoms with Crippen molar-refractivity contribution < 1.29 is 9.53 Å². The standard InChI is InChI=1S/C23H27N3O2/c1-15-19(7-4-10-24-15)23(27)26-14-20(17-5-3-6-18(13-17)28-2)22-21(26)16-8-11-25(22)12-9-16/h3-7,10,13,16,20-22H,8-9,11-12,14H2,1-2H3/t20-,21+,22+/m0/s1. The van der Waals surface area contributed by atoms with Crippen LogP contribution in [-0.2, 0) is 0 Å². The minimum Gasteiger partial charge on any atom is -0.497 e. The van der Waals surface area contributed by atoms with Gasteiger partial charge in [-0.05, 0) is 68.6 Å². The molecular weight excluding hydrogens is 350 g/mol. The van der Waals surface area contributed by atoms with Gasteiger partial charge < -0.3 is 9.64 Å². The zero-order valence-corrected chi connectivity index (χ0v) is 16.5. The molecule has 0 unspecified atom stereocenters. The topological polar surface area (TPSA) is 45.7 Å². The Hall–Kier alpha value is -2.40. The molecule has 5 heteroatoms. The molecule has 146 valence electrons. The number of pyridine rings is 1. The Morgan fingerprint density at radius 3 is 2.71 bits per heavy atom. The Morgan fingerprint density at radius 2 is 1.96 bits per heavy atom. The molecule has 4 aliphatic rings. The highest BCUT2D eigenvalue weighted by Gasteiger charge is 2.54. The molecule has 1 aromatic heterocycles. The number of hydrogen-bond acceptors (Lipinski definition) is 4. The van der Waals surface area contributed by atoms with E-state index in [0.29, 0.717) is 23.9 Å². The Bertz CT molecular complexity index is 891. The summed E-state index contributed by atoms with van der Waals surface area (Å²) in [6.45, 7) is 5.00. The molecule has 6 rings (SSSR count).